The summed E-state index contributed by atoms with van der Waals surface area (Å²) in [4.78, 5) is 42.3. The molecule has 0 saturated carbocycles. The van der Waals surface area contributed by atoms with Gasteiger partial charge in [0.2, 0.25) is 5.91 Å². The topological polar surface area (TPSA) is 117 Å². The van der Waals surface area contributed by atoms with Crippen LogP contribution in [0.3, 0.4) is 0 Å². The van der Waals surface area contributed by atoms with Gasteiger partial charge in [0.05, 0.1) is 10.6 Å². The first kappa shape index (κ1) is 20.4. The summed E-state index contributed by atoms with van der Waals surface area (Å²) in [7, 11) is -4.88. The third-order valence-corrected chi connectivity index (χ3v) is 5.18. The van der Waals surface area contributed by atoms with E-state index in [-0.39, 0.29) is 18.1 Å². The molecule has 11 heteroatoms. The van der Waals surface area contributed by atoms with Crippen molar-refractivity contribution in [3.63, 3.8) is 0 Å². The Morgan fingerprint density at radius 2 is 1.86 bits per heavy atom. The quantitative estimate of drug-likeness (QED) is 0.585. The molecular weight excluding hydrogens is 403 g/mol. The molecule has 0 spiro atoms. The number of benzene rings is 1. The molecule has 0 radical (unpaired) electrons. The minimum Gasteiger partial charge on any atom is -0.311 e. The van der Waals surface area contributed by atoms with Crippen LogP contribution in [0.15, 0.2) is 47.5 Å². The van der Waals surface area contributed by atoms with E-state index in [4.69, 9.17) is 0 Å². The van der Waals surface area contributed by atoms with E-state index < -0.39 is 33.1 Å². The second-order valence-electron chi connectivity index (χ2n) is 6.42. The SMILES string of the molecule is CC(=O)Nc1cc(CN2C(=O)N(c3ccc(S(=O)(=O)F)cc3)C(=O)C2C)ccn1. The molecule has 1 N–H and O–H groups in total. The van der Waals surface area contributed by atoms with Crippen LogP contribution in [0.2, 0.25) is 0 Å². The van der Waals surface area contributed by atoms with Crippen LogP contribution >= 0.6 is 0 Å². The van der Waals surface area contributed by atoms with E-state index in [1.807, 2.05) is 0 Å². The number of nitrogens with one attached hydrogen (secondary N) is 1. The first-order valence-corrected chi connectivity index (χ1v) is 9.88. The standard InChI is InChI=1S/C18H17FN4O5S/c1-11-17(25)23(14-3-5-15(6-4-14)29(19,27)28)18(26)22(11)10-13-7-8-20-16(9-13)21-12(2)24/h3-9,11H,10H2,1-2H3,(H,20,21,24). The summed E-state index contributed by atoms with van der Waals surface area (Å²) in [6, 6.07) is 6.23. The van der Waals surface area contributed by atoms with Gasteiger partial charge in [-0.25, -0.2) is 14.7 Å². The molecule has 3 rings (SSSR count). The highest BCUT2D eigenvalue weighted by Gasteiger charge is 2.43. The van der Waals surface area contributed by atoms with Crippen LogP contribution < -0.4 is 10.2 Å². The third kappa shape index (κ3) is 4.24. The Hall–Kier alpha value is -3.34. The maximum Gasteiger partial charge on any atom is 0.332 e. The van der Waals surface area contributed by atoms with Crippen molar-refractivity contribution in [2.45, 2.75) is 31.3 Å². The van der Waals surface area contributed by atoms with Gasteiger partial charge in [0, 0.05) is 19.7 Å². The van der Waals surface area contributed by atoms with Gasteiger partial charge in [-0.15, -0.1) is 3.89 Å². The largest absolute Gasteiger partial charge is 0.332 e. The number of hydrogen-bond acceptors (Lipinski definition) is 6. The van der Waals surface area contributed by atoms with E-state index in [0.717, 1.165) is 17.0 Å². The zero-order valence-corrected chi connectivity index (χ0v) is 16.3. The second kappa shape index (κ2) is 7.59. The van der Waals surface area contributed by atoms with Crippen molar-refractivity contribution in [3.05, 3.63) is 48.2 Å². The van der Waals surface area contributed by atoms with Crippen molar-refractivity contribution < 1.29 is 26.7 Å². The Kier molecular flexibility index (Phi) is 5.33. The molecule has 4 amide bonds. The summed E-state index contributed by atoms with van der Waals surface area (Å²) in [5, 5.41) is 2.54. The van der Waals surface area contributed by atoms with E-state index in [0.29, 0.717) is 11.4 Å². The van der Waals surface area contributed by atoms with Crippen molar-refractivity contribution in [2.24, 2.45) is 0 Å². The first-order chi connectivity index (χ1) is 13.6. The van der Waals surface area contributed by atoms with Gasteiger partial charge in [0.15, 0.2) is 0 Å². The van der Waals surface area contributed by atoms with E-state index in [1.54, 1.807) is 19.1 Å². The van der Waals surface area contributed by atoms with E-state index >= 15 is 0 Å². The molecule has 29 heavy (non-hydrogen) atoms. The average molecular weight is 420 g/mol. The van der Waals surface area contributed by atoms with Crippen LogP contribution in [-0.2, 0) is 26.4 Å². The fraction of sp³-hybridized carbons (Fsp3) is 0.222. The lowest BCUT2D eigenvalue weighted by molar-refractivity contribution is -0.119. The van der Waals surface area contributed by atoms with E-state index in [1.165, 1.54) is 30.2 Å². The summed E-state index contributed by atoms with van der Waals surface area (Å²) >= 11 is 0. The van der Waals surface area contributed by atoms with Gasteiger partial charge in [0.1, 0.15) is 11.9 Å². The molecule has 0 bridgehead atoms. The molecular formula is C18H17FN4O5S. The molecule has 9 nitrogen and oxygen atoms in total. The monoisotopic (exact) mass is 420 g/mol. The summed E-state index contributed by atoms with van der Waals surface area (Å²) in [5.74, 6) is -0.470. The Morgan fingerprint density at radius 3 is 2.45 bits per heavy atom. The normalized spacial score (nSPS) is 17.0. The maximum atomic E-state index is 13.0. The lowest BCUT2D eigenvalue weighted by atomic mass is 10.2. The number of anilines is 2. The molecule has 1 aliphatic rings. The molecule has 1 saturated heterocycles. The highest BCUT2D eigenvalue weighted by Crippen LogP contribution is 2.28. The summed E-state index contributed by atoms with van der Waals surface area (Å²) in [6.45, 7) is 3.00. The van der Waals surface area contributed by atoms with Crippen molar-refractivity contribution in [1.82, 2.24) is 9.88 Å². The van der Waals surface area contributed by atoms with Gasteiger partial charge in [-0.1, -0.05) is 0 Å². The molecule has 2 aromatic rings. The van der Waals surface area contributed by atoms with Crippen LogP contribution in [0.1, 0.15) is 19.4 Å². The van der Waals surface area contributed by atoms with Gasteiger partial charge >= 0.3 is 16.3 Å². The highest BCUT2D eigenvalue weighted by atomic mass is 32.3. The Morgan fingerprint density at radius 1 is 1.21 bits per heavy atom. The Bertz CT molecular complexity index is 1090. The Labute approximate surface area is 166 Å². The van der Waals surface area contributed by atoms with Crippen molar-refractivity contribution in [3.8, 4) is 0 Å². The first-order valence-electron chi connectivity index (χ1n) is 8.50. The van der Waals surface area contributed by atoms with Gasteiger partial charge in [0.25, 0.3) is 5.91 Å². The van der Waals surface area contributed by atoms with Crippen molar-refractivity contribution in [2.75, 3.05) is 10.2 Å². The molecule has 152 valence electrons. The minimum absolute atomic E-state index is 0.0916. The van der Waals surface area contributed by atoms with Crippen LogP contribution in [0.5, 0.6) is 0 Å². The molecule has 1 unspecified atom stereocenters. The van der Waals surface area contributed by atoms with Gasteiger partial charge < -0.3 is 10.2 Å². The number of pyridine rings is 1. The average Bonchev–Trinajstić information content (AvgIpc) is 2.84. The fourth-order valence-electron chi connectivity index (χ4n) is 2.93. The van der Waals surface area contributed by atoms with Crippen LogP contribution in [0.4, 0.5) is 20.2 Å². The number of halogens is 1. The van der Waals surface area contributed by atoms with Crippen LogP contribution in [0.25, 0.3) is 0 Å². The lowest BCUT2D eigenvalue weighted by Crippen LogP contribution is -2.33. The number of nitrogens with zero attached hydrogens (tertiary/aromatic N) is 3. The molecule has 1 atom stereocenters. The summed E-state index contributed by atoms with van der Waals surface area (Å²) < 4.78 is 34.9. The lowest BCUT2D eigenvalue weighted by Gasteiger charge is -2.19. The zero-order valence-electron chi connectivity index (χ0n) is 15.5. The number of urea groups is 1. The number of carbonyl (C=O) groups excluding carboxylic acids is 3. The predicted molar refractivity (Wildman–Crippen MR) is 101 cm³/mol. The molecule has 1 aliphatic heterocycles. The minimum atomic E-state index is -4.88. The molecule has 1 aromatic heterocycles. The number of hydrogen-bond donors (Lipinski definition) is 1. The third-order valence-electron chi connectivity index (χ3n) is 4.34. The number of amides is 4. The summed E-state index contributed by atoms with van der Waals surface area (Å²) in [5.41, 5.74) is 0.785. The van der Waals surface area contributed by atoms with Gasteiger partial charge in [-0.05, 0) is 48.9 Å². The van der Waals surface area contributed by atoms with E-state index in [9.17, 15) is 26.7 Å². The number of imide groups is 1. The smallest absolute Gasteiger partial charge is 0.311 e. The van der Waals surface area contributed by atoms with Gasteiger partial charge in [-0.3, -0.25) is 9.59 Å². The van der Waals surface area contributed by atoms with Gasteiger partial charge in [-0.2, -0.15) is 8.42 Å². The van der Waals surface area contributed by atoms with Crippen molar-refractivity contribution >= 4 is 39.6 Å². The number of aromatic nitrogens is 1. The zero-order chi connectivity index (χ0) is 21.3. The number of rotatable bonds is 5. The predicted octanol–water partition coefficient (Wildman–Crippen LogP) is 2.06. The molecule has 1 aromatic carbocycles. The van der Waals surface area contributed by atoms with Crippen LogP contribution in [0, 0.1) is 0 Å². The van der Waals surface area contributed by atoms with Crippen molar-refractivity contribution in [1.29, 1.82) is 0 Å². The van der Waals surface area contributed by atoms with E-state index in [2.05, 4.69) is 10.3 Å². The molecule has 1 fully saturated rings. The molecule has 0 aliphatic carbocycles. The fourth-order valence-corrected chi connectivity index (χ4v) is 3.39. The second-order valence-corrected chi connectivity index (χ2v) is 7.77. The maximum absolute atomic E-state index is 13.0. The van der Waals surface area contributed by atoms with Crippen LogP contribution in [-0.4, -0.2) is 42.2 Å². The highest BCUT2D eigenvalue weighted by molar-refractivity contribution is 7.86. The number of carbonyl (C=O) groups is 3. The Balaban J connectivity index is 1.84. The summed E-state index contributed by atoms with van der Waals surface area (Å²) in [6.07, 6.45) is 1.47. The molecule has 2 heterocycles.